The normalized spacial score (nSPS) is 10.1. The summed E-state index contributed by atoms with van der Waals surface area (Å²) in [5.41, 5.74) is 0. The van der Waals surface area contributed by atoms with E-state index in [1.165, 1.54) is 0 Å². The van der Waals surface area contributed by atoms with Gasteiger partial charge in [0.1, 0.15) is 6.54 Å². The fourth-order valence-electron chi connectivity index (χ4n) is 1.02. The highest BCUT2D eigenvalue weighted by Gasteiger charge is 2.05. The largest absolute Gasteiger partial charge is 0.480 e. The lowest BCUT2D eigenvalue weighted by molar-refractivity contribution is -0.137. The molecular formula is C11H21N3O5. The molecule has 0 fully saturated rings. The Kier molecular flexibility index (Phi) is 9.15. The summed E-state index contributed by atoms with van der Waals surface area (Å²) < 4.78 is 5.25. The van der Waals surface area contributed by atoms with Gasteiger partial charge in [0.25, 0.3) is 0 Å². The Morgan fingerprint density at radius 3 is 2.37 bits per heavy atom. The Morgan fingerprint density at radius 1 is 1.11 bits per heavy atom. The molecule has 0 spiro atoms. The van der Waals surface area contributed by atoms with E-state index in [0.29, 0.717) is 25.7 Å². The smallest absolute Gasteiger partial charge is 0.322 e. The van der Waals surface area contributed by atoms with Gasteiger partial charge in [0, 0.05) is 13.2 Å². The topological polar surface area (TPSA) is 117 Å². The molecule has 0 aliphatic rings. The first kappa shape index (κ1) is 17.2. The first-order chi connectivity index (χ1) is 8.91. The molecule has 0 unspecified atom stereocenters. The Morgan fingerprint density at radius 2 is 1.79 bits per heavy atom. The zero-order valence-corrected chi connectivity index (χ0v) is 11.2. The Hall–Kier alpha value is -1.83. The highest BCUT2D eigenvalue weighted by molar-refractivity contribution is 5.86. The zero-order valence-electron chi connectivity index (χ0n) is 11.2. The lowest BCUT2D eigenvalue weighted by Gasteiger charge is -2.09. The molecule has 8 heteroatoms. The van der Waals surface area contributed by atoms with Crippen molar-refractivity contribution in [3.05, 3.63) is 0 Å². The molecule has 0 radical (unpaired) electrons. The number of carboxylic acid groups (broad SMARTS) is 1. The quantitative estimate of drug-likeness (QED) is 0.409. The molecule has 0 saturated carbocycles. The Balaban J connectivity index is 3.48. The summed E-state index contributed by atoms with van der Waals surface area (Å²) in [5.74, 6) is -1.26. The van der Waals surface area contributed by atoms with Crippen LogP contribution in [0.15, 0.2) is 0 Å². The Bertz CT molecular complexity index is 307. The van der Waals surface area contributed by atoms with Gasteiger partial charge < -0.3 is 25.8 Å². The summed E-state index contributed by atoms with van der Waals surface area (Å²) in [6.45, 7) is 4.68. The van der Waals surface area contributed by atoms with E-state index in [2.05, 4.69) is 16.0 Å². The standard InChI is InChI=1S/C11H21N3O5/c1-8(2)7-19-4-3-12-11(18)14-5-9(15)13-6-10(16)17/h8H,3-7H2,1-2H3,(H,13,15)(H,16,17)(H2,12,14,18). The van der Waals surface area contributed by atoms with E-state index >= 15 is 0 Å². The second-order valence-corrected chi connectivity index (χ2v) is 4.25. The maximum absolute atomic E-state index is 11.2. The monoisotopic (exact) mass is 275 g/mol. The number of carbonyl (C=O) groups excluding carboxylic acids is 2. The predicted molar refractivity (Wildman–Crippen MR) is 67.7 cm³/mol. The summed E-state index contributed by atoms with van der Waals surface area (Å²) in [6.07, 6.45) is 0. The van der Waals surface area contributed by atoms with Gasteiger partial charge >= 0.3 is 12.0 Å². The molecule has 3 amide bonds. The van der Waals surface area contributed by atoms with Crippen molar-refractivity contribution in [3.8, 4) is 0 Å². The van der Waals surface area contributed by atoms with Crippen LogP contribution >= 0.6 is 0 Å². The molecule has 0 atom stereocenters. The number of carbonyl (C=O) groups is 3. The fourth-order valence-corrected chi connectivity index (χ4v) is 1.02. The summed E-state index contributed by atoms with van der Waals surface area (Å²) in [6, 6.07) is -0.501. The third-order valence-electron chi connectivity index (χ3n) is 1.83. The number of nitrogens with one attached hydrogen (secondary N) is 3. The number of urea groups is 1. The van der Waals surface area contributed by atoms with E-state index < -0.39 is 24.5 Å². The van der Waals surface area contributed by atoms with Gasteiger partial charge in [0.05, 0.1) is 13.2 Å². The van der Waals surface area contributed by atoms with Gasteiger partial charge in [-0.25, -0.2) is 4.79 Å². The Labute approximate surface area is 111 Å². The number of carboxylic acids is 1. The average molecular weight is 275 g/mol. The van der Waals surface area contributed by atoms with Crippen LogP contribution in [0, 0.1) is 5.92 Å². The first-order valence-electron chi connectivity index (χ1n) is 5.99. The van der Waals surface area contributed by atoms with Crippen LogP contribution in [0.2, 0.25) is 0 Å². The number of amides is 3. The van der Waals surface area contributed by atoms with E-state index in [1.807, 2.05) is 13.8 Å². The molecule has 8 nitrogen and oxygen atoms in total. The van der Waals surface area contributed by atoms with Crippen molar-refractivity contribution in [2.45, 2.75) is 13.8 Å². The van der Waals surface area contributed by atoms with Crippen molar-refractivity contribution >= 4 is 17.9 Å². The van der Waals surface area contributed by atoms with Gasteiger partial charge in [0.15, 0.2) is 0 Å². The van der Waals surface area contributed by atoms with Crippen molar-refractivity contribution in [1.82, 2.24) is 16.0 Å². The van der Waals surface area contributed by atoms with Crippen LogP contribution in [0.25, 0.3) is 0 Å². The van der Waals surface area contributed by atoms with Crippen LogP contribution in [0.4, 0.5) is 4.79 Å². The van der Waals surface area contributed by atoms with E-state index in [4.69, 9.17) is 9.84 Å². The van der Waals surface area contributed by atoms with Crippen LogP contribution < -0.4 is 16.0 Å². The summed E-state index contributed by atoms with van der Waals surface area (Å²) in [7, 11) is 0. The molecule has 0 bridgehead atoms. The van der Waals surface area contributed by atoms with Gasteiger partial charge in [-0.05, 0) is 5.92 Å². The molecule has 0 rings (SSSR count). The second kappa shape index (κ2) is 10.1. The van der Waals surface area contributed by atoms with Gasteiger partial charge in [-0.15, -0.1) is 0 Å². The van der Waals surface area contributed by atoms with Gasteiger partial charge in [-0.2, -0.15) is 0 Å². The SMILES string of the molecule is CC(C)COCCNC(=O)NCC(=O)NCC(=O)O. The summed E-state index contributed by atoms with van der Waals surface area (Å²) in [4.78, 5) is 32.4. The highest BCUT2D eigenvalue weighted by Crippen LogP contribution is 1.90. The molecule has 4 N–H and O–H groups in total. The second-order valence-electron chi connectivity index (χ2n) is 4.25. The number of hydrogen-bond acceptors (Lipinski definition) is 4. The summed E-state index contributed by atoms with van der Waals surface area (Å²) in [5, 5.41) is 15.2. The van der Waals surface area contributed by atoms with Crippen LogP contribution in [0.5, 0.6) is 0 Å². The molecule has 110 valence electrons. The van der Waals surface area contributed by atoms with Crippen molar-refractivity contribution in [1.29, 1.82) is 0 Å². The van der Waals surface area contributed by atoms with E-state index in [1.54, 1.807) is 0 Å². The molecule has 19 heavy (non-hydrogen) atoms. The van der Waals surface area contributed by atoms with Crippen LogP contribution in [-0.4, -0.2) is 55.9 Å². The van der Waals surface area contributed by atoms with E-state index in [9.17, 15) is 14.4 Å². The average Bonchev–Trinajstić information content (AvgIpc) is 2.33. The molecule has 0 aromatic carbocycles. The van der Waals surface area contributed by atoms with Gasteiger partial charge in [0.2, 0.25) is 5.91 Å². The summed E-state index contributed by atoms with van der Waals surface area (Å²) >= 11 is 0. The van der Waals surface area contributed by atoms with Crippen molar-refractivity contribution in [2.75, 3.05) is 32.8 Å². The van der Waals surface area contributed by atoms with E-state index in [0.717, 1.165) is 0 Å². The minimum atomic E-state index is -1.14. The minimum Gasteiger partial charge on any atom is -0.480 e. The van der Waals surface area contributed by atoms with Crippen LogP contribution in [0.3, 0.4) is 0 Å². The highest BCUT2D eigenvalue weighted by atomic mass is 16.5. The third-order valence-corrected chi connectivity index (χ3v) is 1.83. The molecule has 0 aliphatic carbocycles. The molecule has 0 heterocycles. The lowest BCUT2D eigenvalue weighted by Crippen LogP contribution is -2.43. The van der Waals surface area contributed by atoms with Crippen LogP contribution in [-0.2, 0) is 14.3 Å². The predicted octanol–water partition coefficient (Wildman–Crippen LogP) is -0.841. The molecule has 0 saturated heterocycles. The fraction of sp³-hybridized carbons (Fsp3) is 0.727. The van der Waals surface area contributed by atoms with E-state index in [-0.39, 0.29) is 6.54 Å². The maximum Gasteiger partial charge on any atom is 0.322 e. The number of rotatable bonds is 9. The van der Waals surface area contributed by atoms with Crippen LogP contribution in [0.1, 0.15) is 13.8 Å². The number of hydrogen-bond donors (Lipinski definition) is 4. The number of ether oxygens (including phenoxy) is 1. The molecule has 0 aromatic rings. The van der Waals surface area contributed by atoms with Gasteiger partial charge in [-0.1, -0.05) is 13.8 Å². The van der Waals surface area contributed by atoms with Crippen molar-refractivity contribution in [2.24, 2.45) is 5.92 Å². The molecule has 0 aromatic heterocycles. The first-order valence-corrected chi connectivity index (χ1v) is 5.99. The third kappa shape index (κ3) is 12.4. The lowest BCUT2D eigenvalue weighted by atomic mass is 10.2. The zero-order chi connectivity index (χ0) is 14.7. The van der Waals surface area contributed by atoms with Gasteiger partial charge in [-0.3, -0.25) is 9.59 Å². The van der Waals surface area contributed by atoms with Crippen molar-refractivity contribution in [3.63, 3.8) is 0 Å². The maximum atomic E-state index is 11.2. The number of aliphatic carboxylic acids is 1. The van der Waals surface area contributed by atoms with Crippen molar-refractivity contribution < 1.29 is 24.2 Å². The minimum absolute atomic E-state index is 0.272. The molecular weight excluding hydrogens is 254 g/mol. The molecule has 0 aliphatic heterocycles.